The van der Waals surface area contributed by atoms with E-state index < -0.39 is 23.3 Å². The van der Waals surface area contributed by atoms with E-state index in [0.717, 1.165) is 0 Å². The lowest BCUT2D eigenvalue weighted by molar-refractivity contribution is -0.149. The SMILES string of the molecule is CNC(=O)C(C)NC(=O)CC(C)(C)C(=O)O. The zero-order valence-corrected chi connectivity index (χ0v) is 9.96. The molecule has 6 nitrogen and oxygen atoms in total. The van der Waals surface area contributed by atoms with Gasteiger partial charge in [-0.1, -0.05) is 0 Å². The molecular formula is C10H18N2O4. The molecule has 2 amide bonds. The Hall–Kier alpha value is -1.59. The molecule has 0 aromatic rings. The van der Waals surface area contributed by atoms with E-state index >= 15 is 0 Å². The maximum Gasteiger partial charge on any atom is 0.309 e. The summed E-state index contributed by atoms with van der Waals surface area (Å²) in [7, 11) is 1.46. The van der Waals surface area contributed by atoms with E-state index in [9.17, 15) is 14.4 Å². The molecule has 3 N–H and O–H groups in total. The molecule has 16 heavy (non-hydrogen) atoms. The Morgan fingerprint density at radius 2 is 1.81 bits per heavy atom. The van der Waals surface area contributed by atoms with Crippen molar-refractivity contribution < 1.29 is 19.5 Å². The first-order valence-corrected chi connectivity index (χ1v) is 4.95. The number of carboxylic acid groups (broad SMARTS) is 1. The molecule has 0 saturated heterocycles. The van der Waals surface area contributed by atoms with Gasteiger partial charge in [0.25, 0.3) is 0 Å². The predicted octanol–water partition coefficient (Wildman–Crippen LogP) is -0.262. The Bertz CT molecular complexity index is 299. The lowest BCUT2D eigenvalue weighted by Gasteiger charge is -2.19. The number of rotatable bonds is 5. The fourth-order valence-corrected chi connectivity index (χ4v) is 1.05. The highest BCUT2D eigenvalue weighted by molar-refractivity contribution is 5.89. The molecule has 0 saturated carbocycles. The van der Waals surface area contributed by atoms with Gasteiger partial charge < -0.3 is 15.7 Å². The summed E-state index contributed by atoms with van der Waals surface area (Å²) in [6.07, 6.45) is -0.163. The van der Waals surface area contributed by atoms with E-state index in [1.54, 1.807) is 0 Å². The molecule has 1 atom stereocenters. The molecule has 0 aliphatic carbocycles. The molecular weight excluding hydrogens is 212 g/mol. The molecule has 0 heterocycles. The number of hydrogen-bond acceptors (Lipinski definition) is 3. The van der Waals surface area contributed by atoms with Crippen LogP contribution in [-0.2, 0) is 14.4 Å². The van der Waals surface area contributed by atoms with Gasteiger partial charge in [-0.05, 0) is 20.8 Å². The number of likely N-dealkylation sites (N-methyl/N-ethyl adjacent to an activating group) is 1. The number of amides is 2. The summed E-state index contributed by atoms with van der Waals surface area (Å²) in [5.74, 6) is -1.82. The van der Waals surface area contributed by atoms with E-state index in [0.29, 0.717) is 0 Å². The van der Waals surface area contributed by atoms with Gasteiger partial charge in [-0.15, -0.1) is 0 Å². The van der Waals surface area contributed by atoms with E-state index in [1.165, 1.54) is 27.8 Å². The number of carboxylic acids is 1. The molecule has 0 fully saturated rings. The minimum Gasteiger partial charge on any atom is -0.481 e. The Morgan fingerprint density at radius 3 is 2.19 bits per heavy atom. The van der Waals surface area contributed by atoms with Gasteiger partial charge in [0.05, 0.1) is 5.41 Å². The van der Waals surface area contributed by atoms with Crippen LogP contribution < -0.4 is 10.6 Å². The third kappa shape index (κ3) is 4.29. The van der Waals surface area contributed by atoms with Crippen LogP contribution in [0.1, 0.15) is 27.2 Å². The van der Waals surface area contributed by atoms with Crippen LogP contribution in [0.15, 0.2) is 0 Å². The van der Waals surface area contributed by atoms with Gasteiger partial charge in [0.15, 0.2) is 0 Å². The van der Waals surface area contributed by atoms with Crippen molar-refractivity contribution in [3.05, 3.63) is 0 Å². The molecule has 0 aliphatic rings. The number of hydrogen-bond donors (Lipinski definition) is 3. The molecule has 0 aromatic heterocycles. The predicted molar refractivity (Wildman–Crippen MR) is 57.7 cm³/mol. The lowest BCUT2D eigenvalue weighted by Crippen LogP contribution is -2.45. The molecule has 0 bridgehead atoms. The summed E-state index contributed by atoms with van der Waals surface area (Å²) in [4.78, 5) is 33.3. The lowest BCUT2D eigenvalue weighted by atomic mass is 9.89. The van der Waals surface area contributed by atoms with Gasteiger partial charge in [0, 0.05) is 13.5 Å². The van der Waals surface area contributed by atoms with E-state index in [2.05, 4.69) is 10.6 Å². The van der Waals surface area contributed by atoms with Crippen molar-refractivity contribution in [2.75, 3.05) is 7.05 Å². The summed E-state index contributed by atoms with van der Waals surface area (Å²) < 4.78 is 0. The molecule has 0 radical (unpaired) electrons. The third-order valence-corrected chi connectivity index (χ3v) is 2.20. The van der Waals surface area contributed by atoms with Gasteiger partial charge in [0.2, 0.25) is 11.8 Å². The summed E-state index contributed by atoms with van der Waals surface area (Å²) in [6.45, 7) is 4.45. The van der Waals surface area contributed by atoms with Crippen molar-refractivity contribution in [2.24, 2.45) is 5.41 Å². The van der Waals surface area contributed by atoms with Gasteiger partial charge in [-0.2, -0.15) is 0 Å². The van der Waals surface area contributed by atoms with Crippen molar-refractivity contribution in [2.45, 2.75) is 33.2 Å². The highest BCUT2D eigenvalue weighted by Gasteiger charge is 2.30. The van der Waals surface area contributed by atoms with Crippen LogP contribution in [-0.4, -0.2) is 36.0 Å². The standard InChI is InChI=1S/C10H18N2O4/c1-6(8(14)11-4)12-7(13)5-10(2,3)9(15)16/h6H,5H2,1-4H3,(H,11,14)(H,12,13)(H,15,16). The monoisotopic (exact) mass is 230 g/mol. The van der Waals surface area contributed by atoms with Crippen LogP contribution in [0.3, 0.4) is 0 Å². The zero-order chi connectivity index (χ0) is 12.9. The van der Waals surface area contributed by atoms with Crippen LogP contribution >= 0.6 is 0 Å². The second-order valence-electron chi connectivity index (χ2n) is 4.27. The van der Waals surface area contributed by atoms with Crippen LogP contribution in [0, 0.1) is 5.41 Å². The molecule has 0 aliphatic heterocycles. The van der Waals surface area contributed by atoms with Crippen LogP contribution in [0.25, 0.3) is 0 Å². The van der Waals surface area contributed by atoms with E-state index in [4.69, 9.17) is 5.11 Å². The minimum atomic E-state index is -1.13. The number of aliphatic carboxylic acids is 1. The van der Waals surface area contributed by atoms with Gasteiger partial charge in [-0.3, -0.25) is 14.4 Å². The van der Waals surface area contributed by atoms with Crippen molar-refractivity contribution in [1.82, 2.24) is 10.6 Å². The first kappa shape index (κ1) is 14.4. The molecule has 0 spiro atoms. The number of carbonyl (C=O) groups excluding carboxylic acids is 2. The maximum atomic E-state index is 11.4. The van der Waals surface area contributed by atoms with E-state index in [1.807, 2.05) is 0 Å². The van der Waals surface area contributed by atoms with Crippen LogP contribution in [0.4, 0.5) is 0 Å². The smallest absolute Gasteiger partial charge is 0.309 e. The third-order valence-electron chi connectivity index (χ3n) is 2.20. The summed E-state index contributed by atoms with van der Waals surface area (Å²) in [6, 6.07) is -0.665. The molecule has 0 rings (SSSR count). The fourth-order valence-electron chi connectivity index (χ4n) is 1.05. The van der Waals surface area contributed by atoms with Crippen molar-refractivity contribution in [1.29, 1.82) is 0 Å². The average Bonchev–Trinajstić information content (AvgIpc) is 2.14. The second-order valence-corrected chi connectivity index (χ2v) is 4.27. The van der Waals surface area contributed by atoms with Gasteiger partial charge in [-0.25, -0.2) is 0 Å². The number of carbonyl (C=O) groups is 3. The Balaban J connectivity index is 4.29. The largest absolute Gasteiger partial charge is 0.481 e. The summed E-state index contributed by atoms with van der Waals surface area (Å²) in [5, 5.41) is 13.6. The normalized spacial score (nSPS) is 12.8. The Morgan fingerprint density at radius 1 is 1.31 bits per heavy atom. The highest BCUT2D eigenvalue weighted by Crippen LogP contribution is 2.19. The van der Waals surface area contributed by atoms with Crippen molar-refractivity contribution in [3.8, 4) is 0 Å². The van der Waals surface area contributed by atoms with Crippen LogP contribution in [0.2, 0.25) is 0 Å². The second kappa shape index (κ2) is 5.48. The first-order chi connectivity index (χ1) is 7.20. The number of nitrogens with one attached hydrogen (secondary N) is 2. The molecule has 1 unspecified atom stereocenters. The molecule has 6 heteroatoms. The molecule has 92 valence electrons. The van der Waals surface area contributed by atoms with E-state index in [-0.39, 0.29) is 12.3 Å². The average molecular weight is 230 g/mol. The minimum absolute atomic E-state index is 0.163. The Kier molecular flexibility index (Phi) is 4.94. The van der Waals surface area contributed by atoms with Gasteiger partial charge in [0.1, 0.15) is 6.04 Å². The summed E-state index contributed by atoms with van der Waals surface area (Å²) in [5.41, 5.74) is -1.13. The van der Waals surface area contributed by atoms with Crippen molar-refractivity contribution >= 4 is 17.8 Å². The quantitative estimate of drug-likeness (QED) is 0.606. The maximum absolute atomic E-state index is 11.4. The van der Waals surface area contributed by atoms with Gasteiger partial charge >= 0.3 is 5.97 Å². The zero-order valence-electron chi connectivity index (χ0n) is 9.96. The first-order valence-electron chi connectivity index (χ1n) is 4.95. The Labute approximate surface area is 94.4 Å². The van der Waals surface area contributed by atoms with Crippen molar-refractivity contribution in [3.63, 3.8) is 0 Å². The summed E-state index contributed by atoms with van der Waals surface area (Å²) >= 11 is 0. The highest BCUT2D eigenvalue weighted by atomic mass is 16.4. The topological polar surface area (TPSA) is 95.5 Å². The fraction of sp³-hybridized carbons (Fsp3) is 0.700. The van der Waals surface area contributed by atoms with Crippen LogP contribution in [0.5, 0.6) is 0 Å². The molecule has 0 aromatic carbocycles.